The summed E-state index contributed by atoms with van der Waals surface area (Å²) in [6.45, 7) is 4.45. The summed E-state index contributed by atoms with van der Waals surface area (Å²) in [6, 6.07) is 1.95. The van der Waals surface area contributed by atoms with E-state index >= 15 is 0 Å². The third kappa shape index (κ3) is 2.55. The zero-order valence-electron chi connectivity index (χ0n) is 11.3. The fourth-order valence-corrected chi connectivity index (χ4v) is 3.00. The number of hydrogen-bond acceptors (Lipinski definition) is 3. The van der Waals surface area contributed by atoms with E-state index in [1.54, 1.807) is 7.11 Å². The van der Waals surface area contributed by atoms with Crippen LogP contribution < -0.4 is 10.1 Å². The maximum Gasteiger partial charge on any atom is 0.307 e. The Morgan fingerprint density at radius 1 is 1.53 bits per heavy atom. The molecule has 1 fully saturated rings. The average molecular weight is 284 g/mol. The van der Waals surface area contributed by atoms with Crippen LogP contribution in [0.1, 0.15) is 29.2 Å². The molecule has 2 atom stereocenters. The van der Waals surface area contributed by atoms with E-state index in [4.69, 9.17) is 21.4 Å². The third-order valence-corrected chi connectivity index (χ3v) is 4.24. The summed E-state index contributed by atoms with van der Waals surface area (Å²) >= 11 is 6.28. The predicted molar refractivity (Wildman–Crippen MR) is 74.0 cm³/mol. The second kappa shape index (κ2) is 5.39. The zero-order chi connectivity index (χ0) is 14.2. The first-order valence-electron chi connectivity index (χ1n) is 6.25. The lowest BCUT2D eigenvalue weighted by molar-refractivity contribution is -0.141. The first-order valence-corrected chi connectivity index (χ1v) is 6.63. The number of rotatable bonds is 3. The highest BCUT2D eigenvalue weighted by molar-refractivity contribution is 6.33. The number of carboxylic acids is 1. The Bertz CT molecular complexity index is 516. The molecule has 0 saturated carbocycles. The van der Waals surface area contributed by atoms with Gasteiger partial charge in [0, 0.05) is 12.6 Å². The van der Waals surface area contributed by atoms with Crippen molar-refractivity contribution in [1.29, 1.82) is 0 Å². The van der Waals surface area contributed by atoms with Crippen LogP contribution in [0.5, 0.6) is 5.75 Å². The summed E-state index contributed by atoms with van der Waals surface area (Å²) in [5.41, 5.74) is 3.12. The van der Waals surface area contributed by atoms with Gasteiger partial charge < -0.3 is 15.2 Å². The molecule has 1 aromatic carbocycles. The summed E-state index contributed by atoms with van der Waals surface area (Å²) in [7, 11) is 1.59. The minimum Gasteiger partial charge on any atom is -0.495 e. The number of carbonyl (C=O) groups is 1. The maximum absolute atomic E-state index is 11.0. The number of halogens is 1. The number of benzene rings is 1. The lowest BCUT2D eigenvalue weighted by Gasteiger charge is -2.20. The van der Waals surface area contributed by atoms with Crippen LogP contribution in [0, 0.1) is 19.8 Å². The molecule has 0 bridgehead atoms. The molecule has 0 spiro atoms. The van der Waals surface area contributed by atoms with Crippen LogP contribution in [0.2, 0.25) is 5.02 Å². The van der Waals surface area contributed by atoms with E-state index in [1.165, 1.54) is 0 Å². The van der Waals surface area contributed by atoms with E-state index < -0.39 is 5.97 Å². The van der Waals surface area contributed by atoms with Gasteiger partial charge in [0.25, 0.3) is 0 Å². The van der Waals surface area contributed by atoms with Gasteiger partial charge in [-0.3, -0.25) is 4.79 Å². The highest BCUT2D eigenvalue weighted by Gasteiger charge is 2.32. The maximum atomic E-state index is 11.0. The van der Waals surface area contributed by atoms with Crippen LogP contribution in [-0.2, 0) is 4.79 Å². The van der Waals surface area contributed by atoms with Crippen molar-refractivity contribution in [2.24, 2.45) is 5.92 Å². The molecule has 2 N–H and O–H groups in total. The quantitative estimate of drug-likeness (QED) is 0.895. The number of nitrogens with one attached hydrogen (secondary N) is 1. The molecule has 1 aliphatic heterocycles. The molecule has 1 heterocycles. The molecule has 2 rings (SSSR count). The van der Waals surface area contributed by atoms with Crippen LogP contribution in [0.4, 0.5) is 0 Å². The Balaban J connectivity index is 2.36. The minimum absolute atomic E-state index is 0.0458. The highest BCUT2D eigenvalue weighted by atomic mass is 35.5. The van der Waals surface area contributed by atoms with Gasteiger partial charge in [0.05, 0.1) is 18.1 Å². The molecule has 1 aromatic rings. The first kappa shape index (κ1) is 14.2. The van der Waals surface area contributed by atoms with Crippen molar-refractivity contribution < 1.29 is 14.6 Å². The van der Waals surface area contributed by atoms with Crippen molar-refractivity contribution in [2.45, 2.75) is 26.3 Å². The molecule has 1 aliphatic rings. The van der Waals surface area contributed by atoms with Crippen LogP contribution in [0.3, 0.4) is 0 Å². The van der Waals surface area contributed by atoms with E-state index in [9.17, 15) is 4.79 Å². The van der Waals surface area contributed by atoms with Crippen molar-refractivity contribution in [3.8, 4) is 5.75 Å². The summed E-state index contributed by atoms with van der Waals surface area (Å²) in [4.78, 5) is 11.0. The Labute approximate surface area is 117 Å². The Morgan fingerprint density at radius 2 is 2.21 bits per heavy atom. The normalized spacial score (nSPS) is 22.5. The molecular weight excluding hydrogens is 266 g/mol. The van der Waals surface area contributed by atoms with Crippen LogP contribution in [0.25, 0.3) is 0 Å². The van der Waals surface area contributed by atoms with Gasteiger partial charge in [-0.2, -0.15) is 0 Å². The van der Waals surface area contributed by atoms with Gasteiger partial charge in [-0.15, -0.1) is 0 Å². The third-order valence-electron chi connectivity index (χ3n) is 3.77. The number of hydrogen-bond donors (Lipinski definition) is 2. The summed E-state index contributed by atoms with van der Waals surface area (Å²) in [5, 5.41) is 12.9. The molecule has 0 radical (unpaired) electrons. The van der Waals surface area contributed by atoms with Gasteiger partial charge in [0.1, 0.15) is 5.75 Å². The number of methoxy groups -OCH3 is 1. The smallest absolute Gasteiger partial charge is 0.307 e. The van der Waals surface area contributed by atoms with E-state index in [1.807, 2.05) is 19.9 Å². The van der Waals surface area contributed by atoms with Crippen molar-refractivity contribution in [2.75, 3.05) is 13.7 Å². The molecule has 1 saturated heterocycles. The van der Waals surface area contributed by atoms with E-state index in [-0.39, 0.29) is 12.0 Å². The number of aliphatic carboxylic acids is 1. The van der Waals surface area contributed by atoms with Gasteiger partial charge in [-0.1, -0.05) is 11.6 Å². The topological polar surface area (TPSA) is 58.6 Å². The standard InChI is InChI=1S/C14H18ClNO3/c1-7-4-11(19-3)13(15)8(2)12(7)10-5-9(6-16-10)14(17)18/h4,9-10,16H,5-6H2,1-3H3,(H,17,18). The van der Waals surface area contributed by atoms with E-state index in [0.717, 1.165) is 16.7 Å². The van der Waals surface area contributed by atoms with Crippen molar-refractivity contribution in [3.63, 3.8) is 0 Å². The van der Waals surface area contributed by atoms with Gasteiger partial charge >= 0.3 is 5.97 Å². The molecule has 0 amide bonds. The average Bonchev–Trinajstić information content (AvgIpc) is 2.83. The lowest BCUT2D eigenvalue weighted by Crippen LogP contribution is -2.18. The van der Waals surface area contributed by atoms with Crippen molar-refractivity contribution in [3.05, 3.63) is 27.8 Å². The predicted octanol–water partition coefficient (Wildman–Crippen LogP) is 2.70. The Hall–Kier alpha value is -1.26. The summed E-state index contributed by atoms with van der Waals surface area (Å²) < 4.78 is 5.24. The summed E-state index contributed by atoms with van der Waals surface area (Å²) in [6.07, 6.45) is 0.597. The largest absolute Gasteiger partial charge is 0.495 e. The molecule has 0 aliphatic carbocycles. The Kier molecular flexibility index (Phi) is 4.02. The fraction of sp³-hybridized carbons (Fsp3) is 0.500. The fourth-order valence-electron chi connectivity index (χ4n) is 2.76. The molecular formula is C14H18ClNO3. The second-order valence-electron chi connectivity index (χ2n) is 4.98. The molecule has 104 valence electrons. The zero-order valence-corrected chi connectivity index (χ0v) is 12.0. The van der Waals surface area contributed by atoms with Crippen LogP contribution in [0.15, 0.2) is 6.07 Å². The van der Waals surface area contributed by atoms with Crippen LogP contribution >= 0.6 is 11.6 Å². The van der Waals surface area contributed by atoms with Crippen LogP contribution in [-0.4, -0.2) is 24.7 Å². The lowest BCUT2D eigenvalue weighted by atomic mass is 9.92. The van der Waals surface area contributed by atoms with Gasteiger partial charge in [-0.05, 0) is 43.0 Å². The van der Waals surface area contributed by atoms with E-state index in [2.05, 4.69) is 5.32 Å². The number of ether oxygens (including phenoxy) is 1. The number of aryl methyl sites for hydroxylation is 1. The number of carboxylic acid groups (broad SMARTS) is 1. The molecule has 0 aromatic heterocycles. The van der Waals surface area contributed by atoms with Gasteiger partial charge in [0.15, 0.2) is 0 Å². The van der Waals surface area contributed by atoms with Crippen molar-refractivity contribution in [1.82, 2.24) is 5.32 Å². The first-order chi connectivity index (χ1) is 8.95. The van der Waals surface area contributed by atoms with E-state index in [0.29, 0.717) is 23.7 Å². The van der Waals surface area contributed by atoms with Gasteiger partial charge in [-0.25, -0.2) is 0 Å². The molecule has 2 unspecified atom stereocenters. The molecule has 5 heteroatoms. The SMILES string of the molecule is COc1cc(C)c(C2CC(C(=O)O)CN2)c(C)c1Cl. The van der Waals surface area contributed by atoms with Gasteiger partial charge in [0.2, 0.25) is 0 Å². The second-order valence-corrected chi connectivity index (χ2v) is 5.36. The molecule has 4 nitrogen and oxygen atoms in total. The van der Waals surface area contributed by atoms with Crippen molar-refractivity contribution >= 4 is 17.6 Å². The monoisotopic (exact) mass is 283 g/mol. The Morgan fingerprint density at radius 3 is 2.74 bits per heavy atom. The summed E-state index contributed by atoms with van der Waals surface area (Å²) in [5.74, 6) is -0.414. The highest BCUT2D eigenvalue weighted by Crippen LogP contribution is 2.38. The molecule has 19 heavy (non-hydrogen) atoms. The minimum atomic E-state index is -0.745.